The van der Waals surface area contributed by atoms with E-state index in [1.807, 2.05) is 49.4 Å². The number of methoxy groups -OCH3 is 1. The molecule has 0 aliphatic heterocycles. The molecule has 0 bridgehead atoms. The lowest BCUT2D eigenvalue weighted by atomic mass is 9.67. The van der Waals surface area contributed by atoms with E-state index in [4.69, 9.17) is 4.74 Å². The third kappa shape index (κ3) is 2.16. The molecule has 1 aromatic carbocycles. The maximum atomic E-state index is 11.7. The maximum Gasteiger partial charge on any atom is 0.255 e. The topological polar surface area (TPSA) is 52.4 Å². The van der Waals surface area contributed by atoms with Crippen LogP contribution >= 0.6 is 0 Å². The van der Waals surface area contributed by atoms with Crippen LogP contribution in [0.3, 0.4) is 0 Å². The van der Waals surface area contributed by atoms with E-state index >= 15 is 0 Å². The van der Waals surface area contributed by atoms with Crippen LogP contribution in [0.1, 0.15) is 25.3 Å². The van der Waals surface area contributed by atoms with Crippen LogP contribution in [0.4, 0.5) is 0 Å². The predicted octanol–water partition coefficient (Wildman–Crippen LogP) is 3.03. The number of allylic oxidation sites excluding steroid dienone is 1. The van der Waals surface area contributed by atoms with Crippen LogP contribution in [-0.4, -0.2) is 23.7 Å². The third-order valence-corrected chi connectivity index (χ3v) is 4.13. The van der Waals surface area contributed by atoms with E-state index in [-0.39, 0.29) is 16.8 Å². The molecule has 4 nitrogen and oxygen atoms in total. The Morgan fingerprint density at radius 1 is 1.26 bits per heavy atom. The number of hydrogen-bond donors (Lipinski definition) is 0. The SMILES string of the molecule is COC1C=CC(C)C(c2ccccc2)C1(C)[N+](=O)[O-]. The van der Waals surface area contributed by atoms with Crippen molar-refractivity contribution in [3.05, 3.63) is 58.2 Å². The summed E-state index contributed by atoms with van der Waals surface area (Å²) in [6, 6.07) is 9.67. The lowest BCUT2D eigenvalue weighted by Crippen LogP contribution is -2.54. The lowest BCUT2D eigenvalue weighted by molar-refractivity contribution is -0.583. The predicted molar refractivity (Wildman–Crippen MR) is 73.7 cm³/mol. The Morgan fingerprint density at radius 2 is 1.89 bits per heavy atom. The minimum absolute atomic E-state index is 0.101. The van der Waals surface area contributed by atoms with Crippen molar-refractivity contribution >= 4 is 0 Å². The number of ether oxygens (including phenoxy) is 1. The fourth-order valence-corrected chi connectivity index (χ4v) is 3.13. The van der Waals surface area contributed by atoms with Crippen LogP contribution in [0.2, 0.25) is 0 Å². The van der Waals surface area contributed by atoms with Crippen LogP contribution in [-0.2, 0) is 4.74 Å². The Kier molecular flexibility index (Phi) is 3.71. The van der Waals surface area contributed by atoms with Gasteiger partial charge in [-0.1, -0.05) is 49.4 Å². The molecule has 0 aromatic heterocycles. The van der Waals surface area contributed by atoms with E-state index in [9.17, 15) is 10.1 Å². The first-order chi connectivity index (χ1) is 9.01. The number of rotatable bonds is 3. The minimum Gasteiger partial charge on any atom is -0.370 e. The zero-order valence-corrected chi connectivity index (χ0v) is 11.4. The van der Waals surface area contributed by atoms with E-state index in [1.54, 1.807) is 6.92 Å². The second kappa shape index (κ2) is 5.13. The zero-order valence-electron chi connectivity index (χ0n) is 11.4. The van der Waals surface area contributed by atoms with Gasteiger partial charge in [0.25, 0.3) is 5.54 Å². The molecule has 4 unspecified atom stereocenters. The molecule has 1 aliphatic rings. The Balaban J connectivity index is 2.54. The Bertz CT molecular complexity index is 485. The molecule has 0 heterocycles. The van der Waals surface area contributed by atoms with E-state index in [1.165, 1.54) is 7.11 Å². The van der Waals surface area contributed by atoms with E-state index < -0.39 is 11.6 Å². The number of benzene rings is 1. The summed E-state index contributed by atoms with van der Waals surface area (Å²) in [6.07, 6.45) is 3.31. The molecule has 0 amide bonds. The Morgan fingerprint density at radius 3 is 2.42 bits per heavy atom. The summed E-state index contributed by atoms with van der Waals surface area (Å²) in [5.74, 6) is -0.0946. The molecule has 0 N–H and O–H groups in total. The number of nitro groups is 1. The van der Waals surface area contributed by atoms with Crippen LogP contribution in [0.5, 0.6) is 0 Å². The van der Waals surface area contributed by atoms with Gasteiger partial charge in [0.2, 0.25) is 0 Å². The van der Waals surface area contributed by atoms with Gasteiger partial charge in [-0.3, -0.25) is 10.1 Å². The summed E-state index contributed by atoms with van der Waals surface area (Å²) in [4.78, 5) is 11.5. The molecule has 102 valence electrons. The first-order valence-electron chi connectivity index (χ1n) is 6.42. The van der Waals surface area contributed by atoms with E-state index in [2.05, 4.69) is 0 Å². The fraction of sp³-hybridized carbons (Fsp3) is 0.467. The van der Waals surface area contributed by atoms with Crippen molar-refractivity contribution in [1.29, 1.82) is 0 Å². The molecule has 0 saturated carbocycles. The molecular formula is C15H19NO3. The summed E-state index contributed by atoms with van der Waals surface area (Å²) in [6.45, 7) is 3.70. The molecule has 0 saturated heterocycles. The van der Waals surface area contributed by atoms with Gasteiger partial charge in [-0.25, -0.2) is 0 Å². The molecule has 1 aliphatic carbocycles. The summed E-state index contributed by atoms with van der Waals surface area (Å²) in [5.41, 5.74) is -0.162. The summed E-state index contributed by atoms with van der Waals surface area (Å²) >= 11 is 0. The average Bonchev–Trinajstić information content (AvgIpc) is 2.40. The molecular weight excluding hydrogens is 242 g/mol. The van der Waals surface area contributed by atoms with Crippen molar-refractivity contribution in [2.75, 3.05) is 7.11 Å². The molecule has 2 rings (SSSR count). The van der Waals surface area contributed by atoms with Gasteiger partial charge in [0.15, 0.2) is 0 Å². The molecule has 19 heavy (non-hydrogen) atoms. The first kappa shape index (κ1) is 13.7. The average molecular weight is 261 g/mol. The molecule has 4 atom stereocenters. The quantitative estimate of drug-likeness (QED) is 0.477. The molecule has 1 aromatic rings. The van der Waals surface area contributed by atoms with E-state index in [0.29, 0.717) is 0 Å². The highest BCUT2D eigenvalue weighted by Gasteiger charge is 2.56. The van der Waals surface area contributed by atoms with Crippen molar-refractivity contribution in [3.8, 4) is 0 Å². The second-order valence-electron chi connectivity index (χ2n) is 5.27. The van der Waals surface area contributed by atoms with Crippen molar-refractivity contribution < 1.29 is 9.66 Å². The van der Waals surface area contributed by atoms with Gasteiger partial charge in [0.1, 0.15) is 6.10 Å². The molecule has 0 spiro atoms. The van der Waals surface area contributed by atoms with Gasteiger partial charge < -0.3 is 4.74 Å². The van der Waals surface area contributed by atoms with Gasteiger partial charge in [-0.15, -0.1) is 0 Å². The third-order valence-electron chi connectivity index (χ3n) is 4.13. The summed E-state index contributed by atoms with van der Waals surface area (Å²) in [7, 11) is 1.52. The molecule has 0 fully saturated rings. The van der Waals surface area contributed by atoms with Crippen molar-refractivity contribution in [1.82, 2.24) is 0 Å². The smallest absolute Gasteiger partial charge is 0.255 e. The fourth-order valence-electron chi connectivity index (χ4n) is 3.13. The zero-order chi connectivity index (χ0) is 14.0. The Labute approximate surface area is 113 Å². The highest BCUT2D eigenvalue weighted by molar-refractivity contribution is 5.29. The minimum atomic E-state index is -1.15. The van der Waals surface area contributed by atoms with Crippen molar-refractivity contribution in [2.45, 2.75) is 31.4 Å². The monoisotopic (exact) mass is 261 g/mol. The highest BCUT2D eigenvalue weighted by Crippen LogP contribution is 2.44. The largest absolute Gasteiger partial charge is 0.370 e. The Hall–Kier alpha value is -1.68. The van der Waals surface area contributed by atoms with Gasteiger partial charge in [0, 0.05) is 19.0 Å². The van der Waals surface area contributed by atoms with Crippen LogP contribution in [0.25, 0.3) is 0 Å². The van der Waals surface area contributed by atoms with Crippen molar-refractivity contribution in [3.63, 3.8) is 0 Å². The normalized spacial score (nSPS) is 34.2. The first-order valence-corrected chi connectivity index (χ1v) is 6.42. The summed E-state index contributed by atoms with van der Waals surface area (Å²) in [5, 5.41) is 11.7. The highest BCUT2D eigenvalue weighted by atomic mass is 16.6. The van der Waals surface area contributed by atoms with Crippen LogP contribution in [0.15, 0.2) is 42.5 Å². The standard InChI is InChI=1S/C15H19NO3/c1-11-9-10-13(19-3)15(2,16(17)18)14(11)12-7-5-4-6-8-12/h4-11,13-14H,1-3H3. The molecule has 0 radical (unpaired) electrons. The van der Waals surface area contributed by atoms with Crippen molar-refractivity contribution in [2.24, 2.45) is 5.92 Å². The van der Waals surface area contributed by atoms with Gasteiger partial charge in [-0.05, 0) is 11.5 Å². The van der Waals surface area contributed by atoms with E-state index in [0.717, 1.165) is 5.56 Å². The van der Waals surface area contributed by atoms with Gasteiger partial charge in [0.05, 0.1) is 5.92 Å². The lowest BCUT2D eigenvalue weighted by Gasteiger charge is -2.40. The second-order valence-corrected chi connectivity index (χ2v) is 5.27. The van der Waals surface area contributed by atoms with Crippen LogP contribution < -0.4 is 0 Å². The van der Waals surface area contributed by atoms with Gasteiger partial charge >= 0.3 is 0 Å². The van der Waals surface area contributed by atoms with Crippen LogP contribution in [0, 0.1) is 16.0 Å². The maximum absolute atomic E-state index is 11.7. The summed E-state index contributed by atoms with van der Waals surface area (Å²) < 4.78 is 5.34. The molecule has 4 heteroatoms. The number of hydrogen-bond acceptors (Lipinski definition) is 3. The van der Waals surface area contributed by atoms with Gasteiger partial charge in [-0.2, -0.15) is 0 Å². The number of nitrogens with zero attached hydrogens (tertiary/aromatic N) is 1.